The zero-order chi connectivity index (χ0) is 23.4. The predicted octanol–water partition coefficient (Wildman–Crippen LogP) is 5.27. The van der Waals surface area contributed by atoms with E-state index in [1.165, 1.54) is 25.3 Å². The van der Waals surface area contributed by atoms with E-state index in [1.807, 2.05) is 30.3 Å². The fourth-order valence-electron chi connectivity index (χ4n) is 3.37. The van der Waals surface area contributed by atoms with Crippen LogP contribution in [0.25, 0.3) is 6.08 Å². The molecule has 1 aliphatic rings. The maximum Gasteiger partial charge on any atom is 0.329 e. The third-order valence-electron chi connectivity index (χ3n) is 5.04. The molecule has 3 aromatic carbocycles. The van der Waals surface area contributed by atoms with Crippen LogP contribution in [-0.2, 0) is 17.9 Å². The monoisotopic (exact) mass is 510 g/mol. The number of methoxy groups -OCH3 is 1. The highest BCUT2D eigenvalue weighted by atomic mass is 79.9. The molecule has 4 rings (SSSR count). The Kier molecular flexibility index (Phi) is 6.74. The summed E-state index contributed by atoms with van der Waals surface area (Å²) in [4.78, 5) is 26.1. The van der Waals surface area contributed by atoms with Gasteiger partial charge in [-0.05, 0) is 51.3 Å². The van der Waals surface area contributed by atoms with Gasteiger partial charge in [0, 0.05) is 5.56 Å². The molecule has 8 heteroatoms. The van der Waals surface area contributed by atoms with Crippen molar-refractivity contribution in [2.45, 2.75) is 13.2 Å². The fourth-order valence-corrected chi connectivity index (χ4v) is 3.95. The highest BCUT2D eigenvalue weighted by molar-refractivity contribution is 9.10. The molecule has 1 saturated heterocycles. The van der Waals surface area contributed by atoms with Crippen LogP contribution in [-0.4, -0.2) is 23.9 Å². The van der Waals surface area contributed by atoms with Gasteiger partial charge in [-0.3, -0.25) is 9.69 Å². The highest BCUT2D eigenvalue weighted by Gasteiger charge is 2.34. The highest BCUT2D eigenvalue weighted by Crippen LogP contribution is 2.38. The van der Waals surface area contributed by atoms with E-state index in [9.17, 15) is 14.0 Å². The maximum absolute atomic E-state index is 14.0. The molecule has 1 N–H and O–H groups in total. The third kappa shape index (κ3) is 5.06. The summed E-state index contributed by atoms with van der Waals surface area (Å²) in [5.74, 6) is -0.0309. The van der Waals surface area contributed by atoms with Crippen molar-refractivity contribution in [3.63, 3.8) is 0 Å². The van der Waals surface area contributed by atoms with Crippen LogP contribution in [0.3, 0.4) is 0 Å². The van der Waals surface area contributed by atoms with E-state index in [1.54, 1.807) is 24.3 Å². The molecule has 168 valence electrons. The number of nitrogens with zero attached hydrogens (tertiary/aromatic N) is 1. The summed E-state index contributed by atoms with van der Waals surface area (Å²) >= 11 is 3.49. The number of hydrogen-bond acceptors (Lipinski definition) is 4. The molecule has 0 atom stereocenters. The standard InChI is InChI=1S/C25H20BrFN2O4/c1-32-22-13-17(11-19(26)23(22)33-15-16-7-3-2-4-8-16)12-21-24(30)29(25(31)28-21)14-18-9-5-6-10-20(18)27/h2-13H,14-15H2,1H3,(H,28,31)/b21-12+. The minimum absolute atomic E-state index is 0.0863. The first-order chi connectivity index (χ1) is 16.0. The number of hydrogen-bond donors (Lipinski definition) is 1. The molecule has 0 saturated carbocycles. The third-order valence-corrected chi connectivity index (χ3v) is 5.63. The van der Waals surface area contributed by atoms with Crippen molar-refractivity contribution in [3.8, 4) is 11.5 Å². The number of carbonyl (C=O) groups excluding carboxylic acids is 2. The van der Waals surface area contributed by atoms with Gasteiger partial charge in [0.25, 0.3) is 5.91 Å². The SMILES string of the molecule is COc1cc(/C=C2/NC(=O)N(Cc3ccccc3F)C2=O)cc(Br)c1OCc1ccccc1. The minimum Gasteiger partial charge on any atom is -0.493 e. The van der Waals surface area contributed by atoms with E-state index in [-0.39, 0.29) is 17.8 Å². The van der Waals surface area contributed by atoms with Crippen LogP contribution in [0.4, 0.5) is 9.18 Å². The normalized spacial score (nSPS) is 14.5. The van der Waals surface area contributed by atoms with Gasteiger partial charge in [0.1, 0.15) is 18.1 Å². The maximum atomic E-state index is 14.0. The van der Waals surface area contributed by atoms with Crippen LogP contribution in [0.2, 0.25) is 0 Å². The Labute approximate surface area is 198 Å². The van der Waals surface area contributed by atoms with Crippen molar-refractivity contribution < 1.29 is 23.5 Å². The molecule has 0 unspecified atom stereocenters. The molecule has 1 fully saturated rings. The van der Waals surface area contributed by atoms with E-state index in [0.717, 1.165) is 10.5 Å². The molecule has 0 spiro atoms. The van der Waals surface area contributed by atoms with Gasteiger partial charge in [-0.15, -0.1) is 0 Å². The molecular weight excluding hydrogens is 491 g/mol. The van der Waals surface area contributed by atoms with Gasteiger partial charge >= 0.3 is 6.03 Å². The number of urea groups is 1. The second-order valence-electron chi connectivity index (χ2n) is 7.28. The Hall–Kier alpha value is -3.65. The average Bonchev–Trinajstić information content (AvgIpc) is 3.07. The number of ether oxygens (including phenoxy) is 2. The first-order valence-electron chi connectivity index (χ1n) is 10.1. The molecule has 0 aromatic heterocycles. The van der Waals surface area contributed by atoms with Crippen LogP contribution >= 0.6 is 15.9 Å². The van der Waals surface area contributed by atoms with Crippen molar-refractivity contribution in [2.75, 3.05) is 7.11 Å². The largest absolute Gasteiger partial charge is 0.493 e. The molecule has 33 heavy (non-hydrogen) atoms. The van der Waals surface area contributed by atoms with E-state index in [4.69, 9.17) is 9.47 Å². The molecule has 3 amide bonds. The summed E-state index contributed by atoms with van der Waals surface area (Å²) in [6.07, 6.45) is 1.54. The van der Waals surface area contributed by atoms with Gasteiger partial charge in [0.15, 0.2) is 11.5 Å². The van der Waals surface area contributed by atoms with E-state index >= 15 is 0 Å². The molecule has 1 aliphatic heterocycles. The van der Waals surface area contributed by atoms with Crippen LogP contribution in [0, 0.1) is 5.82 Å². The van der Waals surface area contributed by atoms with Gasteiger partial charge in [-0.1, -0.05) is 48.5 Å². The van der Waals surface area contributed by atoms with Gasteiger partial charge in [-0.2, -0.15) is 0 Å². The predicted molar refractivity (Wildman–Crippen MR) is 125 cm³/mol. The van der Waals surface area contributed by atoms with Crippen molar-refractivity contribution >= 4 is 33.9 Å². The summed E-state index contributed by atoms with van der Waals surface area (Å²) in [6.45, 7) is 0.198. The summed E-state index contributed by atoms with van der Waals surface area (Å²) in [5, 5.41) is 2.55. The molecule has 1 heterocycles. The minimum atomic E-state index is -0.608. The average molecular weight is 511 g/mol. The van der Waals surface area contributed by atoms with Crippen molar-refractivity contribution in [2.24, 2.45) is 0 Å². The van der Waals surface area contributed by atoms with Crippen LogP contribution in [0.15, 0.2) is 76.9 Å². The Balaban J connectivity index is 1.54. The summed E-state index contributed by atoms with van der Waals surface area (Å²) < 4.78 is 26.0. The van der Waals surface area contributed by atoms with Crippen LogP contribution < -0.4 is 14.8 Å². The molecule has 6 nitrogen and oxygen atoms in total. The fraction of sp³-hybridized carbons (Fsp3) is 0.120. The molecule has 3 aromatic rings. The van der Waals surface area contributed by atoms with Gasteiger partial charge in [-0.25, -0.2) is 9.18 Å². The second-order valence-corrected chi connectivity index (χ2v) is 8.13. The number of amides is 3. The van der Waals surface area contributed by atoms with Gasteiger partial charge in [0.2, 0.25) is 0 Å². The lowest BCUT2D eigenvalue weighted by Crippen LogP contribution is -2.30. The van der Waals surface area contributed by atoms with Crippen molar-refractivity contribution in [3.05, 3.63) is 99.4 Å². The van der Waals surface area contributed by atoms with Crippen LogP contribution in [0.1, 0.15) is 16.7 Å². The summed E-state index contributed by atoms with van der Waals surface area (Å²) in [5.41, 5.74) is 1.96. The number of halogens is 2. The lowest BCUT2D eigenvalue weighted by molar-refractivity contribution is -0.123. The van der Waals surface area contributed by atoms with Crippen molar-refractivity contribution in [1.82, 2.24) is 10.2 Å². The molecule has 0 aliphatic carbocycles. The lowest BCUT2D eigenvalue weighted by Gasteiger charge is -2.14. The number of nitrogens with one attached hydrogen (secondary N) is 1. The topological polar surface area (TPSA) is 67.9 Å². The smallest absolute Gasteiger partial charge is 0.329 e. The van der Waals surface area contributed by atoms with Gasteiger partial charge in [0.05, 0.1) is 18.1 Å². The van der Waals surface area contributed by atoms with Crippen LogP contribution in [0.5, 0.6) is 11.5 Å². The zero-order valence-corrected chi connectivity index (χ0v) is 19.3. The van der Waals surface area contributed by atoms with E-state index < -0.39 is 17.8 Å². The summed E-state index contributed by atoms with van der Waals surface area (Å²) in [7, 11) is 1.52. The lowest BCUT2D eigenvalue weighted by atomic mass is 10.1. The quantitative estimate of drug-likeness (QED) is 0.347. The molecular formula is C25H20BrFN2O4. The van der Waals surface area contributed by atoms with Gasteiger partial charge < -0.3 is 14.8 Å². The number of imide groups is 1. The first kappa shape index (κ1) is 22.5. The van der Waals surface area contributed by atoms with E-state index in [2.05, 4.69) is 21.2 Å². The summed E-state index contributed by atoms with van der Waals surface area (Å²) in [6, 6.07) is 18.6. The second kappa shape index (κ2) is 9.87. The Morgan fingerprint density at radius 3 is 2.52 bits per heavy atom. The number of benzene rings is 3. The van der Waals surface area contributed by atoms with E-state index in [0.29, 0.717) is 28.1 Å². The number of carbonyl (C=O) groups is 2. The Bertz CT molecular complexity index is 1230. The molecule has 0 radical (unpaired) electrons. The molecule has 0 bridgehead atoms. The Morgan fingerprint density at radius 2 is 1.79 bits per heavy atom. The zero-order valence-electron chi connectivity index (χ0n) is 17.7. The first-order valence-corrected chi connectivity index (χ1v) is 10.9. The Morgan fingerprint density at radius 1 is 1.06 bits per heavy atom. The number of rotatable bonds is 7. The van der Waals surface area contributed by atoms with Crippen molar-refractivity contribution in [1.29, 1.82) is 0 Å².